The van der Waals surface area contributed by atoms with Gasteiger partial charge in [-0.25, -0.2) is 19.4 Å². The number of nitrogens with zero attached hydrogens (tertiary/aromatic N) is 1. The molecule has 0 saturated heterocycles. The molecule has 2 heterocycles. The number of amides is 1. The number of carbonyl (C=O) groups is 4. The number of aromatic nitrogens is 1. The van der Waals surface area contributed by atoms with Crippen molar-refractivity contribution < 1.29 is 33.4 Å². The molecule has 0 unspecified atom stereocenters. The van der Waals surface area contributed by atoms with Gasteiger partial charge in [-0.2, -0.15) is 0 Å². The molecule has 30 heavy (non-hydrogen) atoms. The molecule has 160 valence electrons. The number of anilines is 1. The SMILES string of the molecule is CCOC(=O)c1sc(NC(=O)COC(=O)c2cccnc2Cl)c(C(=O)OCC)c1C. The lowest BCUT2D eigenvalue weighted by molar-refractivity contribution is -0.119. The third-order valence-corrected chi connectivity index (χ3v) is 5.14. The minimum atomic E-state index is -0.830. The molecule has 0 atom stereocenters. The van der Waals surface area contributed by atoms with Crippen molar-refractivity contribution in [3.8, 4) is 0 Å². The Hall–Kier alpha value is -2.98. The van der Waals surface area contributed by atoms with Crippen molar-refractivity contribution in [2.75, 3.05) is 25.1 Å². The molecule has 2 aromatic rings. The van der Waals surface area contributed by atoms with E-state index in [9.17, 15) is 19.2 Å². The van der Waals surface area contributed by atoms with Crippen LogP contribution in [0.1, 0.15) is 49.8 Å². The van der Waals surface area contributed by atoms with Crippen LogP contribution in [-0.2, 0) is 19.0 Å². The Labute approximate surface area is 181 Å². The van der Waals surface area contributed by atoms with E-state index >= 15 is 0 Å². The molecule has 9 nitrogen and oxygen atoms in total. The Bertz CT molecular complexity index is 974. The lowest BCUT2D eigenvalue weighted by Crippen LogP contribution is -2.22. The normalized spacial score (nSPS) is 10.3. The molecule has 1 N–H and O–H groups in total. The summed E-state index contributed by atoms with van der Waals surface area (Å²) in [5.74, 6) is -2.87. The van der Waals surface area contributed by atoms with Crippen molar-refractivity contribution in [1.82, 2.24) is 4.98 Å². The van der Waals surface area contributed by atoms with Gasteiger partial charge in [0.2, 0.25) is 0 Å². The van der Waals surface area contributed by atoms with Crippen molar-refractivity contribution in [3.05, 3.63) is 45.1 Å². The summed E-state index contributed by atoms with van der Waals surface area (Å²) in [4.78, 5) is 52.7. The molecule has 0 fully saturated rings. The van der Waals surface area contributed by atoms with E-state index in [-0.39, 0.29) is 39.4 Å². The zero-order chi connectivity index (χ0) is 22.3. The van der Waals surface area contributed by atoms with Gasteiger partial charge in [0, 0.05) is 6.20 Å². The van der Waals surface area contributed by atoms with Crippen LogP contribution in [0.15, 0.2) is 18.3 Å². The highest BCUT2D eigenvalue weighted by atomic mass is 35.5. The van der Waals surface area contributed by atoms with Gasteiger partial charge in [0.1, 0.15) is 15.0 Å². The lowest BCUT2D eigenvalue weighted by atomic mass is 10.1. The monoisotopic (exact) mass is 454 g/mol. The Morgan fingerprint density at radius 1 is 1.07 bits per heavy atom. The van der Waals surface area contributed by atoms with E-state index in [1.807, 2.05) is 0 Å². The molecule has 0 aromatic carbocycles. The second kappa shape index (κ2) is 10.7. The zero-order valence-corrected chi connectivity index (χ0v) is 18.0. The summed E-state index contributed by atoms with van der Waals surface area (Å²) in [5, 5.41) is 2.51. The molecule has 1 amide bonds. The van der Waals surface area contributed by atoms with Crippen molar-refractivity contribution >= 4 is 51.8 Å². The van der Waals surface area contributed by atoms with Gasteiger partial charge < -0.3 is 19.5 Å². The molecule has 0 aliphatic heterocycles. The van der Waals surface area contributed by atoms with Crippen molar-refractivity contribution in [3.63, 3.8) is 0 Å². The average molecular weight is 455 g/mol. The molecule has 0 aliphatic rings. The van der Waals surface area contributed by atoms with Crippen LogP contribution in [0.25, 0.3) is 0 Å². The van der Waals surface area contributed by atoms with Gasteiger partial charge in [-0.3, -0.25) is 4.79 Å². The molecule has 0 bridgehead atoms. The maximum atomic E-state index is 12.3. The first kappa shape index (κ1) is 23.3. The number of nitrogens with one attached hydrogen (secondary N) is 1. The fraction of sp³-hybridized carbons (Fsp3) is 0.316. The maximum Gasteiger partial charge on any atom is 0.348 e. The molecule has 2 rings (SSSR count). The molecular formula is C19H19ClN2O7S. The molecular weight excluding hydrogens is 436 g/mol. The number of hydrogen-bond donors (Lipinski definition) is 1. The fourth-order valence-corrected chi connectivity index (χ4v) is 3.65. The largest absolute Gasteiger partial charge is 0.462 e. The topological polar surface area (TPSA) is 121 Å². The predicted octanol–water partition coefficient (Wildman–Crippen LogP) is 3.25. The number of esters is 3. The minimum Gasteiger partial charge on any atom is -0.462 e. The van der Waals surface area contributed by atoms with Crippen LogP contribution in [0.2, 0.25) is 5.15 Å². The highest BCUT2D eigenvalue weighted by Gasteiger charge is 2.27. The van der Waals surface area contributed by atoms with Crippen molar-refractivity contribution in [2.45, 2.75) is 20.8 Å². The van der Waals surface area contributed by atoms with Gasteiger partial charge in [0.25, 0.3) is 5.91 Å². The number of rotatable bonds is 8. The summed E-state index contributed by atoms with van der Waals surface area (Å²) < 4.78 is 14.9. The minimum absolute atomic E-state index is 0.00995. The van der Waals surface area contributed by atoms with Crippen molar-refractivity contribution in [2.24, 2.45) is 0 Å². The Balaban J connectivity index is 2.17. The molecule has 0 saturated carbocycles. The molecule has 0 radical (unpaired) electrons. The summed E-state index contributed by atoms with van der Waals surface area (Å²) in [6.45, 7) is 4.46. The molecule has 11 heteroatoms. The number of hydrogen-bond acceptors (Lipinski definition) is 9. The standard InChI is InChI=1S/C19H19ClN2O7S/c1-4-27-18(25)13-10(3)14(19(26)28-5-2)30-16(13)22-12(23)9-29-17(24)11-7-6-8-21-15(11)20/h6-8H,4-5,9H2,1-3H3,(H,22,23). The first-order chi connectivity index (χ1) is 14.3. The molecule has 0 spiro atoms. The Kier molecular flexibility index (Phi) is 8.31. The summed E-state index contributed by atoms with van der Waals surface area (Å²) in [6.07, 6.45) is 1.41. The van der Waals surface area contributed by atoms with Crippen LogP contribution in [-0.4, -0.2) is 48.6 Å². The van der Waals surface area contributed by atoms with Crippen LogP contribution >= 0.6 is 22.9 Å². The fourth-order valence-electron chi connectivity index (χ4n) is 2.35. The summed E-state index contributed by atoms with van der Waals surface area (Å²) in [5.41, 5.74) is 0.377. The van der Waals surface area contributed by atoms with Crippen LogP contribution in [0.5, 0.6) is 0 Å². The van der Waals surface area contributed by atoms with E-state index in [0.29, 0.717) is 5.56 Å². The van der Waals surface area contributed by atoms with E-state index in [0.717, 1.165) is 11.3 Å². The average Bonchev–Trinajstić information content (AvgIpc) is 3.02. The van der Waals surface area contributed by atoms with E-state index < -0.39 is 30.4 Å². The summed E-state index contributed by atoms with van der Waals surface area (Å²) in [6, 6.07) is 2.90. The van der Waals surface area contributed by atoms with Crippen LogP contribution in [0.3, 0.4) is 0 Å². The first-order valence-corrected chi connectivity index (χ1v) is 10.0. The highest BCUT2D eigenvalue weighted by Crippen LogP contribution is 2.34. The van der Waals surface area contributed by atoms with Crippen molar-refractivity contribution in [1.29, 1.82) is 0 Å². The summed E-state index contributed by atoms with van der Waals surface area (Å²) >= 11 is 6.69. The number of pyridine rings is 1. The molecule has 0 aliphatic carbocycles. The van der Waals surface area contributed by atoms with Gasteiger partial charge >= 0.3 is 17.9 Å². The Morgan fingerprint density at radius 3 is 2.37 bits per heavy atom. The third-order valence-electron chi connectivity index (χ3n) is 3.65. The second-order valence-electron chi connectivity index (χ2n) is 5.67. The smallest absolute Gasteiger partial charge is 0.348 e. The lowest BCUT2D eigenvalue weighted by Gasteiger charge is -2.08. The van der Waals surface area contributed by atoms with Gasteiger partial charge in [-0.05, 0) is 38.5 Å². The van der Waals surface area contributed by atoms with Gasteiger partial charge in [0.05, 0.1) is 24.3 Å². The highest BCUT2D eigenvalue weighted by molar-refractivity contribution is 7.18. The number of thiophene rings is 1. The first-order valence-electron chi connectivity index (χ1n) is 8.85. The van der Waals surface area contributed by atoms with Crippen LogP contribution < -0.4 is 5.32 Å². The molecule has 2 aromatic heterocycles. The Morgan fingerprint density at radius 2 is 1.73 bits per heavy atom. The van der Waals surface area contributed by atoms with E-state index in [2.05, 4.69) is 10.3 Å². The number of carbonyl (C=O) groups excluding carboxylic acids is 4. The number of halogens is 1. The van der Waals surface area contributed by atoms with Gasteiger partial charge in [-0.15, -0.1) is 11.3 Å². The van der Waals surface area contributed by atoms with Crippen LogP contribution in [0, 0.1) is 6.92 Å². The summed E-state index contributed by atoms with van der Waals surface area (Å²) in [7, 11) is 0. The third kappa shape index (κ3) is 5.55. The van der Waals surface area contributed by atoms with Gasteiger partial charge in [0.15, 0.2) is 6.61 Å². The number of ether oxygens (including phenoxy) is 3. The zero-order valence-electron chi connectivity index (χ0n) is 16.4. The van der Waals surface area contributed by atoms with E-state index in [4.69, 9.17) is 25.8 Å². The predicted molar refractivity (Wildman–Crippen MR) is 109 cm³/mol. The van der Waals surface area contributed by atoms with Gasteiger partial charge in [-0.1, -0.05) is 11.6 Å². The van der Waals surface area contributed by atoms with E-state index in [1.54, 1.807) is 20.8 Å². The van der Waals surface area contributed by atoms with E-state index in [1.165, 1.54) is 18.3 Å². The van der Waals surface area contributed by atoms with Crippen LogP contribution in [0.4, 0.5) is 5.00 Å². The maximum absolute atomic E-state index is 12.3. The quantitative estimate of drug-likeness (QED) is 0.366. The second-order valence-corrected chi connectivity index (χ2v) is 7.05.